The second-order valence-corrected chi connectivity index (χ2v) is 6.18. The monoisotopic (exact) mass is 410 g/mol. The Morgan fingerprint density at radius 2 is 1.82 bits per heavy atom. The summed E-state index contributed by atoms with van der Waals surface area (Å²) in [6.45, 7) is 2.28. The van der Waals surface area contributed by atoms with Gasteiger partial charge in [0.05, 0.1) is 29.6 Å². The Balaban J connectivity index is 2.30. The smallest absolute Gasteiger partial charge is 0.382 e. The molecule has 0 saturated heterocycles. The molecule has 0 aromatic carbocycles. The van der Waals surface area contributed by atoms with Gasteiger partial charge in [0.25, 0.3) is 5.91 Å². The van der Waals surface area contributed by atoms with Gasteiger partial charge in [-0.3, -0.25) is 4.79 Å². The number of aliphatic hydroxyl groups excluding tert-OH is 1. The highest BCUT2D eigenvalue weighted by molar-refractivity contribution is 5.95. The molecule has 0 aliphatic carbocycles. The summed E-state index contributed by atoms with van der Waals surface area (Å²) < 4.78 is 76.1. The van der Waals surface area contributed by atoms with Crippen LogP contribution in [0.2, 0.25) is 0 Å². The van der Waals surface area contributed by atoms with Crippen molar-refractivity contribution < 1.29 is 36.2 Å². The Morgan fingerprint density at radius 3 is 2.29 bits per heavy atom. The van der Waals surface area contributed by atoms with E-state index < -0.39 is 36.5 Å². The number of pyridine rings is 1. The largest absolute Gasteiger partial charge is 0.417 e. The van der Waals surface area contributed by atoms with E-state index in [0.29, 0.717) is 6.20 Å². The molecule has 0 fully saturated rings. The van der Waals surface area contributed by atoms with Gasteiger partial charge in [-0.1, -0.05) is 13.8 Å². The van der Waals surface area contributed by atoms with E-state index in [1.54, 1.807) is 13.8 Å². The normalized spacial score (nSPS) is 13.6. The highest BCUT2D eigenvalue weighted by atomic mass is 19.4. The van der Waals surface area contributed by atoms with Gasteiger partial charge < -0.3 is 10.4 Å². The Kier molecular flexibility index (Phi) is 6.02. The van der Waals surface area contributed by atoms with Gasteiger partial charge in [-0.25, -0.2) is 9.67 Å². The lowest BCUT2D eigenvalue weighted by Crippen LogP contribution is -2.40. The highest BCUT2D eigenvalue weighted by Crippen LogP contribution is 2.29. The van der Waals surface area contributed by atoms with Gasteiger partial charge in [-0.2, -0.15) is 31.4 Å². The SMILES string of the molecule is CC(C)c1c(C(=O)NC[C@@H](O)C(F)(F)F)cnn1-c1ccc(C(F)(F)F)cn1. The quantitative estimate of drug-likeness (QED) is 0.743. The number of rotatable bonds is 5. The van der Waals surface area contributed by atoms with E-state index >= 15 is 0 Å². The van der Waals surface area contributed by atoms with Crippen molar-refractivity contribution in [2.24, 2.45) is 0 Å². The maximum Gasteiger partial charge on any atom is 0.417 e. The van der Waals surface area contributed by atoms with E-state index in [1.807, 2.05) is 5.32 Å². The molecule has 28 heavy (non-hydrogen) atoms. The summed E-state index contributed by atoms with van der Waals surface area (Å²) in [6, 6.07) is 1.87. The summed E-state index contributed by atoms with van der Waals surface area (Å²) in [7, 11) is 0. The summed E-state index contributed by atoms with van der Waals surface area (Å²) in [6.07, 6.45) is -10.5. The third-order valence-electron chi connectivity index (χ3n) is 3.72. The van der Waals surface area contributed by atoms with E-state index in [1.165, 1.54) is 0 Å². The van der Waals surface area contributed by atoms with Crippen LogP contribution in [-0.2, 0) is 6.18 Å². The van der Waals surface area contributed by atoms with Crippen LogP contribution in [0.1, 0.15) is 41.4 Å². The number of carbonyl (C=O) groups is 1. The van der Waals surface area contributed by atoms with Crippen LogP contribution < -0.4 is 5.32 Å². The molecule has 0 aliphatic heterocycles. The number of hydrogen-bond acceptors (Lipinski definition) is 4. The Hall–Kier alpha value is -2.63. The molecule has 0 radical (unpaired) electrons. The molecule has 0 spiro atoms. The number of nitrogens with one attached hydrogen (secondary N) is 1. The average Bonchev–Trinajstić information content (AvgIpc) is 3.03. The van der Waals surface area contributed by atoms with Crippen LogP contribution in [0.15, 0.2) is 24.5 Å². The van der Waals surface area contributed by atoms with Crippen LogP contribution in [0.25, 0.3) is 5.82 Å². The van der Waals surface area contributed by atoms with Crippen molar-refractivity contribution in [1.29, 1.82) is 0 Å². The summed E-state index contributed by atoms with van der Waals surface area (Å²) in [5.41, 5.74) is -0.800. The van der Waals surface area contributed by atoms with Crippen LogP contribution in [0.3, 0.4) is 0 Å². The molecule has 0 aliphatic rings. The van der Waals surface area contributed by atoms with Crippen molar-refractivity contribution in [3.63, 3.8) is 0 Å². The molecule has 2 rings (SSSR count). The Labute approximate surface area is 155 Å². The van der Waals surface area contributed by atoms with Crippen LogP contribution >= 0.6 is 0 Å². The van der Waals surface area contributed by atoms with Crippen molar-refractivity contribution in [1.82, 2.24) is 20.1 Å². The summed E-state index contributed by atoms with van der Waals surface area (Å²) in [5.74, 6) is -1.27. The molecule has 1 atom stereocenters. The number of alkyl halides is 6. The number of aliphatic hydroxyl groups is 1. The first-order valence-electron chi connectivity index (χ1n) is 7.97. The van der Waals surface area contributed by atoms with Crippen LogP contribution in [-0.4, -0.2) is 44.6 Å². The third-order valence-corrected chi connectivity index (χ3v) is 3.72. The fraction of sp³-hybridized carbons (Fsp3) is 0.438. The second-order valence-electron chi connectivity index (χ2n) is 6.18. The Bertz CT molecular complexity index is 827. The van der Waals surface area contributed by atoms with Gasteiger partial charge in [0.15, 0.2) is 11.9 Å². The minimum absolute atomic E-state index is 0.00563. The molecule has 2 heterocycles. The number of hydrogen-bond donors (Lipinski definition) is 2. The zero-order chi connectivity index (χ0) is 21.3. The fourth-order valence-corrected chi connectivity index (χ4v) is 2.35. The topological polar surface area (TPSA) is 80.0 Å². The number of nitrogens with zero attached hydrogens (tertiary/aromatic N) is 3. The van der Waals surface area contributed by atoms with Gasteiger partial charge >= 0.3 is 12.4 Å². The van der Waals surface area contributed by atoms with Crippen molar-refractivity contribution in [3.05, 3.63) is 41.3 Å². The zero-order valence-corrected chi connectivity index (χ0v) is 14.6. The van der Waals surface area contributed by atoms with Crippen molar-refractivity contribution in [2.45, 2.75) is 38.2 Å². The van der Waals surface area contributed by atoms with Crippen LogP contribution in [0, 0.1) is 0 Å². The predicted molar refractivity (Wildman–Crippen MR) is 84.8 cm³/mol. The molecule has 2 N–H and O–H groups in total. The predicted octanol–water partition coefficient (Wildman–Crippen LogP) is 3.06. The second kappa shape index (κ2) is 7.78. The van der Waals surface area contributed by atoms with Crippen molar-refractivity contribution >= 4 is 5.91 Å². The molecule has 12 heteroatoms. The van der Waals surface area contributed by atoms with Crippen LogP contribution in [0.4, 0.5) is 26.3 Å². The first-order valence-corrected chi connectivity index (χ1v) is 7.97. The molecule has 2 aromatic rings. The standard InChI is InChI=1S/C16H16F6N4O2/c1-8(2)13-10(14(28)24-7-11(27)16(20,21)22)6-25-26(13)12-4-3-9(5-23-12)15(17,18)19/h3-6,8,11,27H,7H2,1-2H3,(H,24,28)/t11-/m1/s1. The lowest BCUT2D eigenvalue weighted by Gasteiger charge is -2.16. The van der Waals surface area contributed by atoms with E-state index in [-0.39, 0.29) is 23.0 Å². The first kappa shape index (κ1) is 21.7. The van der Waals surface area contributed by atoms with Gasteiger partial charge in [-0.15, -0.1) is 0 Å². The molecule has 0 unspecified atom stereocenters. The zero-order valence-electron chi connectivity index (χ0n) is 14.6. The van der Waals surface area contributed by atoms with Gasteiger partial charge in [-0.05, 0) is 18.1 Å². The fourth-order valence-electron chi connectivity index (χ4n) is 2.35. The molecule has 154 valence electrons. The van der Waals surface area contributed by atoms with Gasteiger partial charge in [0.1, 0.15) is 0 Å². The van der Waals surface area contributed by atoms with Gasteiger partial charge in [0.2, 0.25) is 0 Å². The van der Waals surface area contributed by atoms with Crippen molar-refractivity contribution in [3.8, 4) is 5.82 Å². The summed E-state index contributed by atoms with van der Waals surface area (Å²) in [4.78, 5) is 15.9. The molecule has 6 nitrogen and oxygen atoms in total. The molecular weight excluding hydrogens is 394 g/mol. The number of aromatic nitrogens is 3. The maximum atomic E-state index is 12.7. The van der Waals surface area contributed by atoms with Gasteiger partial charge in [0, 0.05) is 6.20 Å². The summed E-state index contributed by atoms with van der Waals surface area (Å²) in [5, 5.41) is 14.9. The highest BCUT2D eigenvalue weighted by Gasteiger charge is 2.38. The maximum absolute atomic E-state index is 12.7. The minimum Gasteiger partial charge on any atom is -0.382 e. The lowest BCUT2D eigenvalue weighted by atomic mass is 10.1. The van der Waals surface area contributed by atoms with Crippen molar-refractivity contribution in [2.75, 3.05) is 6.54 Å². The molecule has 0 saturated carbocycles. The molecule has 0 bridgehead atoms. The van der Waals surface area contributed by atoms with E-state index in [9.17, 15) is 31.1 Å². The third kappa shape index (κ3) is 4.80. The molecule has 2 aromatic heterocycles. The van der Waals surface area contributed by atoms with E-state index in [4.69, 9.17) is 5.11 Å². The summed E-state index contributed by atoms with van der Waals surface area (Å²) >= 11 is 0. The number of carbonyl (C=O) groups excluding carboxylic acids is 1. The molecule has 1 amide bonds. The first-order chi connectivity index (χ1) is 12.8. The average molecular weight is 410 g/mol. The minimum atomic E-state index is -4.89. The van der Waals surface area contributed by atoms with E-state index in [0.717, 1.165) is 23.0 Å². The Morgan fingerprint density at radius 1 is 1.18 bits per heavy atom. The van der Waals surface area contributed by atoms with Crippen LogP contribution in [0.5, 0.6) is 0 Å². The lowest BCUT2D eigenvalue weighted by molar-refractivity contribution is -0.201. The number of halogens is 6. The molecular formula is C16H16F6N4O2. The number of amides is 1. The van der Waals surface area contributed by atoms with E-state index in [2.05, 4.69) is 10.1 Å².